The molecule has 0 radical (unpaired) electrons. The molecule has 0 bridgehead atoms. The first-order valence-corrected chi connectivity index (χ1v) is 8.61. The lowest BCUT2D eigenvalue weighted by atomic mass is 9.75. The van der Waals surface area contributed by atoms with E-state index in [0.29, 0.717) is 50.4 Å². The number of hydrogen-bond donors (Lipinski definition) is 3. The maximum Gasteiger partial charge on any atom is 0.321 e. The van der Waals surface area contributed by atoms with Crippen LogP contribution in [-0.4, -0.2) is 65.3 Å². The minimum atomic E-state index is -1.15. The van der Waals surface area contributed by atoms with Crippen LogP contribution in [0.3, 0.4) is 0 Å². The summed E-state index contributed by atoms with van der Waals surface area (Å²) < 4.78 is 11.0. The molecular weight excluding hydrogens is 324 g/mol. The van der Waals surface area contributed by atoms with Gasteiger partial charge in [-0.3, -0.25) is 0 Å². The van der Waals surface area contributed by atoms with Gasteiger partial charge in [0.25, 0.3) is 0 Å². The Labute approximate surface area is 147 Å². The minimum Gasteiger partial charge on any atom is -0.497 e. The van der Waals surface area contributed by atoms with E-state index in [2.05, 4.69) is 5.32 Å². The first kappa shape index (κ1) is 18.0. The van der Waals surface area contributed by atoms with Crippen LogP contribution >= 0.6 is 0 Å². The molecular formula is C18H26N2O5. The van der Waals surface area contributed by atoms with Crippen molar-refractivity contribution < 1.29 is 24.5 Å². The number of piperidine rings is 1. The molecule has 0 saturated carbocycles. The Morgan fingerprint density at radius 2 is 2.08 bits per heavy atom. The second-order valence-corrected chi connectivity index (χ2v) is 7.07. The van der Waals surface area contributed by atoms with Crippen LogP contribution in [0.1, 0.15) is 26.2 Å². The van der Waals surface area contributed by atoms with E-state index in [-0.39, 0.29) is 6.03 Å². The van der Waals surface area contributed by atoms with Crippen LogP contribution in [0, 0.1) is 0 Å². The number of nitrogens with zero attached hydrogens (tertiary/aromatic N) is 1. The third-order valence-corrected chi connectivity index (χ3v) is 5.30. The average Bonchev–Trinajstić information content (AvgIpc) is 2.60. The summed E-state index contributed by atoms with van der Waals surface area (Å²) in [6.45, 7) is 2.98. The molecule has 2 fully saturated rings. The van der Waals surface area contributed by atoms with E-state index in [1.165, 1.54) is 0 Å². The van der Waals surface area contributed by atoms with E-state index in [1.54, 1.807) is 31.1 Å². The Morgan fingerprint density at radius 3 is 2.76 bits per heavy atom. The van der Waals surface area contributed by atoms with Gasteiger partial charge in [0.15, 0.2) is 0 Å². The van der Waals surface area contributed by atoms with Crippen molar-refractivity contribution in [3.8, 4) is 5.75 Å². The third kappa shape index (κ3) is 3.58. The number of aliphatic hydroxyl groups is 2. The second-order valence-electron chi connectivity index (χ2n) is 7.07. The number of amides is 2. The van der Waals surface area contributed by atoms with Crippen LogP contribution in [-0.2, 0) is 4.74 Å². The summed E-state index contributed by atoms with van der Waals surface area (Å²) >= 11 is 0. The van der Waals surface area contributed by atoms with Crippen LogP contribution in [0.25, 0.3) is 0 Å². The lowest BCUT2D eigenvalue weighted by Gasteiger charge is -2.51. The first-order valence-electron chi connectivity index (χ1n) is 8.61. The summed E-state index contributed by atoms with van der Waals surface area (Å²) in [5.74, 6) is 0.677. The van der Waals surface area contributed by atoms with E-state index in [9.17, 15) is 15.0 Å². The number of methoxy groups -OCH3 is 1. The molecule has 3 rings (SSSR count). The van der Waals surface area contributed by atoms with Crippen molar-refractivity contribution in [3.63, 3.8) is 0 Å². The molecule has 3 N–H and O–H groups in total. The highest BCUT2D eigenvalue weighted by Gasteiger charge is 2.52. The molecule has 2 atom stereocenters. The molecule has 1 spiro atoms. The molecule has 7 heteroatoms. The first-order chi connectivity index (χ1) is 11.9. The molecule has 138 valence electrons. The fraction of sp³-hybridized carbons (Fsp3) is 0.611. The van der Waals surface area contributed by atoms with Crippen LogP contribution in [0.5, 0.6) is 5.75 Å². The quantitative estimate of drug-likeness (QED) is 0.753. The van der Waals surface area contributed by atoms with Crippen LogP contribution in [0.2, 0.25) is 0 Å². The van der Waals surface area contributed by atoms with Gasteiger partial charge in [0.05, 0.1) is 19.3 Å². The number of anilines is 1. The Bertz CT molecular complexity index is 626. The minimum absolute atomic E-state index is 0.194. The molecule has 0 aliphatic carbocycles. The zero-order valence-corrected chi connectivity index (χ0v) is 14.7. The summed E-state index contributed by atoms with van der Waals surface area (Å²) in [4.78, 5) is 14.2. The fourth-order valence-electron chi connectivity index (χ4n) is 3.65. The average molecular weight is 350 g/mol. The van der Waals surface area contributed by atoms with Gasteiger partial charge in [0.2, 0.25) is 0 Å². The molecule has 2 aliphatic heterocycles. The monoisotopic (exact) mass is 350 g/mol. The van der Waals surface area contributed by atoms with Crippen LogP contribution < -0.4 is 10.1 Å². The van der Waals surface area contributed by atoms with Gasteiger partial charge in [-0.15, -0.1) is 0 Å². The van der Waals surface area contributed by atoms with E-state index < -0.39 is 17.3 Å². The van der Waals surface area contributed by atoms with Gasteiger partial charge in [-0.05, 0) is 31.9 Å². The van der Waals surface area contributed by atoms with Gasteiger partial charge >= 0.3 is 6.03 Å². The summed E-state index contributed by atoms with van der Waals surface area (Å²) in [7, 11) is 1.58. The predicted octanol–water partition coefficient (Wildman–Crippen LogP) is 1.59. The van der Waals surface area contributed by atoms with Gasteiger partial charge in [-0.25, -0.2) is 4.79 Å². The lowest BCUT2D eigenvalue weighted by Crippen LogP contribution is -2.64. The number of urea groups is 1. The van der Waals surface area contributed by atoms with E-state index >= 15 is 0 Å². The highest BCUT2D eigenvalue weighted by molar-refractivity contribution is 5.89. The Kier molecular flexibility index (Phi) is 4.90. The topological polar surface area (TPSA) is 91.3 Å². The lowest BCUT2D eigenvalue weighted by molar-refractivity contribution is -0.244. The molecule has 7 nitrogen and oxygen atoms in total. The number of hydrogen-bond acceptors (Lipinski definition) is 5. The van der Waals surface area contributed by atoms with Gasteiger partial charge in [0, 0.05) is 31.3 Å². The number of carbonyl (C=O) groups is 1. The molecule has 0 aromatic heterocycles. The zero-order valence-electron chi connectivity index (χ0n) is 14.7. The number of likely N-dealkylation sites (tertiary alicyclic amines) is 1. The third-order valence-electron chi connectivity index (χ3n) is 5.30. The molecule has 2 heterocycles. The summed E-state index contributed by atoms with van der Waals surface area (Å²) in [6.07, 6.45) is 0.458. The van der Waals surface area contributed by atoms with Crippen molar-refractivity contribution in [1.82, 2.24) is 4.90 Å². The number of rotatable bonds is 2. The highest BCUT2D eigenvalue weighted by atomic mass is 16.5. The van der Waals surface area contributed by atoms with Gasteiger partial charge in [0.1, 0.15) is 17.5 Å². The molecule has 2 amide bonds. The van der Waals surface area contributed by atoms with Crippen molar-refractivity contribution in [1.29, 1.82) is 0 Å². The largest absolute Gasteiger partial charge is 0.497 e. The number of carbonyl (C=O) groups excluding carboxylic acids is 1. The summed E-state index contributed by atoms with van der Waals surface area (Å²) in [5, 5.41) is 23.7. The molecule has 2 aliphatic rings. The number of aliphatic hydroxyl groups excluding tert-OH is 1. The standard InChI is InChI=1S/C18H26N2O5/c1-17(23)8-11-25-18(15(17)21)6-9-20(10-7-18)16(22)19-13-4-3-5-14(12-13)24-2/h3-5,12,15,21,23H,6-11H2,1-2H3,(H,19,22)/t15-,17+/m0/s1. The Balaban J connectivity index is 1.61. The Hall–Kier alpha value is -1.83. The maximum absolute atomic E-state index is 12.5. The molecule has 1 aromatic carbocycles. The fourth-order valence-corrected chi connectivity index (χ4v) is 3.65. The van der Waals surface area contributed by atoms with Crippen molar-refractivity contribution in [2.24, 2.45) is 0 Å². The van der Waals surface area contributed by atoms with E-state index in [0.717, 1.165) is 0 Å². The smallest absolute Gasteiger partial charge is 0.321 e. The number of nitrogens with one attached hydrogen (secondary N) is 1. The van der Waals surface area contributed by atoms with Crippen molar-refractivity contribution in [2.75, 3.05) is 32.1 Å². The Morgan fingerprint density at radius 1 is 1.36 bits per heavy atom. The molecule has 25 heavy (non-hydrogen) atoms. The number of ether oxygens (including phenoxy) is 2. The van der Waals surface area contributed by atoms with E-state index in [4.69, 9.17) is 9.47 Å². The summed E-state index contributed by atoms with van der Waals surface area (Å²) in [5.41, 5.74) is -1.25. The SMILES string of the molecule is COc1cccc(NC(=O)N2CCC3(CC2)OCC[C@@](C)(O)[C@@H]3O)c1. The van der Waals surface area contributed by atoms with Crippen LogP contribution in [0.4, 0.5) is 10.5 Å². The normalized spacial score (nSPS) is 28.6. The van der Waals surface area contributed by atoms with Gasteiger partial charge in [-0.2, -0.15) is 0 Å². The maximum atomic E-state index is 12.5. The van der Waals surface area contributed by atoms with E-state index in [1.807, 2.05) is 12.1 Å². The van der Waals surface area contributed by atoms with Gasteiger partial charge < -0.3 is 29.9 Å². The van der Waals surface area contributed by atoms with Crippen molar-refractivity contribution >= 4 is 11.7 Å². The summed E-state index contributed by atoms with van der Waals surface area (Å²) in [6, 6.07) is 6.99. The van der Waals surface area contributed by atoms with Gasteiger partial charge in [-0.1, -0.05) is 6.07 Å². The molecule has 1 aromatic rings. The highest BCUT2D eigenvalue weighted by Crippen LogP contribution is 2.39. The van der Waals surface area contributed by atoms with Crippen LogP contribution in [0.15, 0.2) is 24.3 Å². The second kappa shape index (κ2) is 6.82. The van der Waals surface area contributed by atoms with Crippen molar-refractivity contribution in [3.05, 3.63) is 24.3 Å². The number of benzene rings is 1. The zero-order chi connectivity index (χ0) is 18.1. The molecule has 0 unspecified atom stereocenters. The molecule has 2 saturated heterocycles. The predicted molar refractivity (Wildman–Crippen MR) is 92.8 cm³/mol. The van der Waals surface area contributed by atoms with Crippen molar-refractivity contribution in [2.45, 2.75) is 43.5 Å².